The molecule has 4 rings (SSSR count). The lowest BCUT2D eigenvalue weighted by molar-refractivity contribution is 0.122. The molecule has 7 heteroatoms. The Morgan fingerprint density at radius 2 is 1.83 bits per heavy atom. The summed E-state index contributed by atoms with van der Waals surface area (Å²) >= 11 is 0. The monoisotopic (exact) mass is 330 g/mol. The van der Waals surface area contributed by atoms with Crippen molar-refractivity contribution >= 4 is 22.9 Å². The highest BCUT2D eigenvalue weighted by atomic mass is 16.5. The lowest BCUT2D eigenvalue weighted by atomic mass is 10.00. The molecule has 24 heavy (non-hydrogen) atoms. The molecule has 0 aliphatic carbocycles. The molecular formula is C17H26N6O. The molecule has 0 spiro atoms. The number of ether oxygens (including phenoxy) is 1. The first-order valence-electron chi connectivity index (χ1n) is 9.06. The van der Waals surface area contributed by atoms with Crippen LogP contribution in [0.2, 0.25) is 0 Å². The van der Waals surface area contributed by atoms with Crippen LogP contribution in [0.25, 0.3) is 11.2 Å². The van der Waals surface area contributed by atoms with Gasteiger partial charge in [-0.05, 0) is 25.7 Å². The van der Waals surface area contributed by atoms with Crippen molar-refractivity contribution in [1.29, 1.82) is 0 Å². The van der Waals surface area contributed by atoms with Gasteiger partial charge in [0.1, 0.15) is 0 Å². The molecular weight excluding hydrogens is 304 g/mol. The third kappa shape index (κ3) is 2.81. The van der Waals surface area contributed by atoms with Crippen LogP contribution in [0.5, 0.6) is 0 Å². The summed E-state index contributed by atoms with van der Waals surface area (Å²) in [6, 6.07) is 0. The van der Waals surface area contributed by atoms with E-state index in [1.807, 2.05) is 6.33 Å². The third-order valence-corrected chi connectivity index (χ3v) is 5.15. The second-order valence-corrected chi connectivity index (χ2v) is 6.82. The van der Waals surface area contributed by atoms with Gasteiger partial charge in [-0.3, -0.25) is 0 Å². The normalized spacial score (nSPS) is 20.1. The van der Waals surface area contributed by atoms with Gasteiger partial charge >= 0.3 is 0 Å². The quantitative estimate of drug-likeness (QED) is 0.857. The van der Waals surface area contributed by atoms with E-state index in [2.05, 4.69) is 33.2 Å². The van der Waals surface area contributed by atoms with Gasteiger partial charge in [0, 0.05) is 32.7 Å². The molecule has 0 bridgehead atoms. The van der Waals surface area contributed by atoms with Crippen LogP contribution in [-0.2, 0) is 11.3 Å². The number of nitrogens with zero attached hydrogens (tertiary/aromatic N) is 6. The van der Waals surface area contributed by atoms with Crippen LogP contribution < -0.4 is 9.80 Å². The van der Waals surface area contributed by atoms with E-state index >= 15 is 0 Å². The van der Waals surface area contributed by atoms with Crippen molar-refractivity contribution in [2.45, 2.75) is 33.2 Å². The highest BCUT2D eigenvalue weighted by Gasteiger charge is 2.24. The maximum Gasteiger partial charge on any atom is 0.229 e. The minimum Gasteiger partial charge on any atom is -0.378 e. The molecule has 4 heterocycles. The molecule has 0 atom stereocenters. The van der Waals surface area contributed by atoms with E-state index in [0.29, 0.717) is 0 Å². The highest BCUT2D eigenvalue weighted by molar-refractivity contribution is 5.85. The first-order valence-corrected chi connectivity index (χ1v) is 9.06. The Balaban J connectivity index is 1.76. The Bertz CT molecular complexity index is 700. The lowest BCUT2D eigenvalue weighted by Crippen LogP contribution is -2.38. The van der Waals surface area contributed by atoms with Gasteiger partial charge in [-0.1, -0.05) is 6.92 Å². The minimum atomic E-state index is 0.747. The Labute approximate surface area is 142 Å². The van der Waals surface area contributed by atoms with Crippen molar-refractivity contribution in [3.05, 3.63) is 6.33 Å². The largest absolute Gasteiger partial charge is 0.378 e. The summed E-state index contributed by atoms with van der Waals surface area (Å²) in [6.07, 6.45) is 4.30. The van der Waals surface area contributed by atoms with E-state index in [4.69, 9.17) is 14.7 Å². The summed E-state index contributed by atoms with van der Waals surface area (Å²) < 4.78 is 7.61. The maximum atomic E-state index is 5.50. The second kappa shape index (κ2) is 6.55. The van der Waals surface area contributed by atoms with Crippen LogP contribution >= 0.6 is 0 Å². The van der Waals surface area contributed by atoms with Crippen molar-refractivity contribution in [1.82, 2.24) is 19.5 Å². The van der Waals surface area contributed by atoms with Crippen LogP contribution in [0.4, 0.5) is 11.8 Å². The number of rotatable bonds is 3. The Morgan fingerprint density at radius 1 is 1.08 bits per heavy atom. The van der Waals surface area contributed by atoms with Crippen molar-refractivity contribution < 1.29 is 4.74 Å². The average molecular weight is 330 g/mol. The zero-order valence-corrected chi connectivity index (χ0v) is 14.6. The van der Waals surface area contributed by atoms with Gasteiger partial charge in [0.05, 0.1) is 19.5 Å². The number of fused-ring (bicyclic) bond motifs is 1. The van der Waals surface area contributed by atoms with Crippen LogP contribution in [0.15, 0.2) is 6.33 Å². The number of imidazole rings is 1. The Kier molecular flexibility index (Phi) is 4.26. The number of hydrogen-bond donors (Lipinski definition) is 0. The molecule has 2 fully saturated rings. The summed E-state index contributed by atoms with van der Waals surface area (Å²) in [5, 5.41) is 0. The van der Waals surface area contributed by atoms with Crippen molar-refractivity contribution in [3.8, 4) is 0 Å². The number of anilines is 2. The van der Waals surface area contributed by atoms with Gasteiger partial charge < -0.3 is 19.1 Å². The fourth-order valence-electron chi connectivity index (χ4n) is 3.50. The predicted octanol–water partition coefficient (Wildman–Crippen LogP) is 1.92. The topological polar surface area (TPSA) is 59.3 Å². The molecule has 2 aromatic rings. The molecule has 2 aromatic heterocycles. The average Bonchev–Trinajstić information content (AvgIpc) is 3.05. The third-order valence-electron chi connectivity index (χ3n) is 5.15. The SMILES string of the molecule is CCn1cnc2c(N3CCOCC3)nc(N3CCC(C)CC3)nc21. The van der Waals surface area contributed by atoms with Crippen LogP contribution in [0, 0.1) is 5.92 Å². The molecule has 130 valence electrons. The fourth-order valence-corrected chi connectivity index (χ4v) is 3.50. The smallest absolute Gasteiger partial charge is 0.229 e. The van der Waals surface area contributed by atoms with Crippen LogP contribution in [0.3, 0.4) is 0 Å². The van der Waals surface area contributed by atoms with E-state index in [9.17, 15) is 0 Å². The summed E-state index contributed by atoms with van der Waals surface area (Å²) in [5.74, 6) is 2.61. The van der Waals surface area contributed by atoms with Gasteiger partial charge in [-0.25, -0.2) is 4.98 Å². The Morgan fingerprint density at radius 3 is 2.54 bits per heavy atom. The molecule has 7 nitrogen and oxygen atoms in total. The number of aromatic nitrogens is 4. The summed E-state index contributed by atoms with van der Waals surface area (Å²) in [7, 11) is 0. The second-order valence-electron chi connectivity index (χ2n) is 6.82. The van der Waals surface area contributed by atoms with Gasteiger partial charge in [-0.15, -0.1) is 0 Å². The molecule has 2 aliphatic heterocycles. The number of aryl methyl sites for hydroxylation is 1. The highest BCUT2D eigenvalue weighted by Crippen LogP contribution is 2.28. The summed E-state index contributed by atoms with van der Waals surface area (Å²) in [4.78, 5) is 19.0. The molecule has 0 N–H and O–H groups in total. The molecule has 2 saturated heterocycles. The minimum absolute atomic E-state index is 0.747. The zero-order chi connectivity index (χ0) is 16.5. The molecule has 2 aliphatic rings. The zero-order valence-electron chi connectivity index (χ0n) is 14.6. The molecule has 0 aromatic carbocycles. The maximum absolute atomic E-state index is 5.50. The summed E-state index contributed by atoms with van der Waals surface area (Å²) in [6.45, 7) is 10.6. The summed E-state index contributed by atoms with van der Waals surface area (Å²) in [5.41, 5.74) is 1.86. The van der Waals surface area contributed by atoms with Gasteiger partial charge in [-0.2, -0.15) is 9.97 Å². The molecule has 0 unspecified atom stereocenters. The first-order chi connectivity index (χ1) is 11.8. The van der Waals surface area contributed by atoms with E-state index in [0.717, 1.165) is 74.8 Å². The number of piperidine rings is 1. The van der Waals surface area contributed by atoms with E-state index < -0.39 is 0 Å². The van der Waals surface area contributed by atoms with Gasteiger partial charge in [0.25, 0.3) is 0 Å². The predicted molar refractivity (Wildman–Crippen MR) is 94.6 cm³/mol. The lowest BCUT2D eigenvalue weighted by Gasteiger charge is -2.32. The van der Waals surface area contributed by atoms with Gasteiger partial charge in [0.2, 0.25) is 5.95 Å². The number of hydrogen-bond acceptors (Lipinski definition) is 6. The first kappa shape index (κ1) is 15.6. The Hall–Kier alpha value is -1.89. The van der Waals surface area contributed by atoms with Crippen molar-refractivity contribution in [2.24, 2.45) is 5.92 Å². The molecule has 0 saturated carbocycles. The van der Waals surface area contributed by atoms with E-state index in [1.54, 1.807) is 0 Å². The molecule has 0 radical (unpaired) electrons. The number of morpholine rings is 1. The van der Waals surface area contributed by atoms with Crippen LogP contribution in [0.1, 0.15) is 26.7 Å². The van der Waals surface area contributed by atoms with E-state index in [1.165, 1.54) is 12.8 Å². The van der Waals surface area contributed by atoms with Crippen LogP contribution in [-0.4, -0.2) is 58.9 Å². The fraction of sp³-hybridized carbons (Fsp3) is 0.706. The standard InChI is InChI=1S/C17H26N6O/c1-3-21-12-18-14-15(21)19-17(23-6-4-13(2)5-7-23)20-16(14)22-8-10-24-11-9-22/h12-13H,3-11H2,1-2H3. The van der Waals surface area contributed by atoms with Crippen molar-refractivity contribution in [3.63, 3.8) is 0 Å². The molecule has 0 amide bonds. The van der Waals surface area contributed by atoms with E-state index in [-0.39, 0.29) is 0 Å². The van der Waals surface area contributed by atoms with Gasteiger partial charge in [0.15, 0.2) is 17.0 Å². The van der Waals surface area contributed by atoms with Crippen molar-refractivity contribution in [2.75, 3.05) is 49.2 Å².